The Kier molecular flexibility index (Phi) is 4.22. The van der Waals surface area contributed by atoms with Gasteiger partial charge in [0.05, 0.1) is 29.7 Å². The quantitative estimate of drug-likeness (QED) is 0.431. The first-order chi connectivity index (χ1) is 16.3. The lowest BCUT2D eigenvalue weighted by molar-refractivity contribution is -0.124. The third kappa shape index (κ3) is 2.32. The van der Waals surface area contributed by atoms with Crippen LogP contribution in [0, 0.1) is 11.8 Å². The first-order valence-electron chi connectivity index (χ1n) is 11.7. The molecule has 3 aromatic carbocycles. The van der Waals surface area contributed by atoms with Crippen LogP contribution in [-0.4, -0.2) is 24.4 Å². The van der Waals surface area contributed by atoms with Crippen LogP contribution in [0.1, 0.15) is 53.4 Å². The van der Waals surface area contributed by atoms with Crippen molar-refractivity contribution in [2.45, 2.75) is 31.6 Å². The van der Waals surface area contributed by atoms with Crippen LogP contribution in [0.25, 0.3) is 0 Å². The largest absolute Gasteiger partial charge is 0.462 e. The fourth-order valence-electron chi connectivity index (χ4n) is 6.79. The molecular weight excluding hydrogens is 426 g/mol. The number of amides is 2. The molecule has 0 spiro atoms. The average molecular weight is 452 g/mol. The zero-order valence-electron chi connectivity index (χ0n) is 19.4. The second-order valence-corrected chi connectivity index (χ2v) is 9.73. The number of hydrogen-bond acceptors (Lipinski definition) is 4. The van der Waals surface area contributed by atoms with Gasteiger partial charge >= 0.3 is 5.97 Å². The van der Waals surface area contributed by atoms with E-state index in [1.165, 1.54) is 4.90 Å². The molecule has 0 aromatic heterocycles. The smallest absolute Gasteiger partial charge is 0.338 e. The Morgan fingerprint density at radius 3 is 1.56 bits per heavy atom. The monoisotopic (exact) mass is 451 g/mol. The van der Waals surface area contributed by atoms with E-state index in [2.05, 4.69) is 38.1 Å². The lowest BCUT2D eigenvalue weighted by atomic mass is 9.42. The van der Waals surface area contributed by atoms with Gasteiger partial charge in [0.15, 0.2) is 0 Å². The van der Waals surface area contributed by atoms with Gasteiger partial charge in [-0.1, -0.05) is 62.4 Å². The van der Waals surface area contributed by atoms with Crippen LogP contribution in [0.5, 0.6) is 0 Å². The van der Waals surface area contributed by atoms with Gasteiger partial charge in [-0.3, -0.25) is 9.59 Å². The van der Waals surface area contributed by atoms with E-state index in [0.717, 1.165) is 22.3 Å². The summed E-state index contributed by atoms with van der Waals surface area (Å²) < 4.78 is 5.06. The molecule has 2 bridgehead atoms. The number of imide groups is 1. The van der Waals surface area contributed by atoms with Gasteiger partial charge in [0.1, 0.15) is 0 Å². The topological polar surface area (TPSA) is 63.7 Å². The van der Waals surface area contributed by atoms with E-state index < -0.39 is 28.6 Å². The van der Waals surface area contributed by atoms with Crippen molar-refractivity contribution in [3.63, 3.8) is 0 Å². The molecule has 4 aliphatic rings. The highest BCUT2D eigenvalue weighted by Gasteiger charge is 2.70. The molecule has 2 atom stereocenters. The second-order valence-electron chi connectivity index (χ2n) is 9.73. The van der Waals surface area contributed by atoms with Crippen molar-refractivity contribution in [1.82, 2.24) is 0 Å². The SMILES string of the molecule is CCOC(=O)c1ccc(N2C(=O)[C@@H]3[C@H](C2=O)C2(C)c4ccccc4C3(C)c3ccccc32)cc1. The van der Waals surface area contributed by atoms with Gasteiger partial charge in [-0.05, 0) is 53.4 Å². The predicted octanol–water partition coefficient (Wildman–Crippen LogP) is 4.61. The Bertz CT molecular complexity index is 1250. The van der Waals surface area contributed by atoms with E-state index in [4.69, 9.17) is 4.74 Å². The maximum atomic E-state index is 14.0. The molecule has 1 aliphatic heterocycles. The van der Waals surface area contributed by atoms with E-state index in [0.29, 0.717) is 11.3 Å². The first-order valence-corrected chi connectivity index (χ1v) is 11.7. The van der Waals surface area contributed by atoms with Crippen molar-refractivity contribution in [1.29, 1.82) is 0 Å². The van der Waals surface area contributed by atoms with Crippen LogP contribution >= 0.6 is 0 Å². The number of nitrogens with zero attached hydrogens (tertiary/aromatic N) is 1. The summed E-state index contributed by atoms with van der Waals surface area (Å²) in [4.78, 5) is 41.5. The Morgan fingerprint density at radius 1 is 0.765 bits per heavy atom. The van der Waals surface area contributed by atoms with Gasteiger partial charge in [0.25, 0.3) is 0 Å². The van der Waals surface area contributed by atoms with E-state index in [-0.39, 0.29) is 18.4 Å². The molecule has 0 radical (unpaired) electrons. The maximum Gasteiger partial charge on any atom is 0.338 e. The number of hydrogen-bond donors (Lipinski definition) is 0. The third-order valence-corrected chi connectivity index (χ3v) is 8.28. The lowest BCUT2D eigenvalue weighted by Gasteiger charge is -2.57. The van der Waals surface area contributed by atoms with Gasteiger partial charge in [0.2, 0.25) is 11.8 Å². The number of ether oxygens (including phenoxy) is 1. The number of benzene rings is 3. The summed E-state index contributed by atoms with van der Waals surface area (Å²) in [6, 6.07) is 23.0. The number of carbonyl (C=O) groups excluding carboxylic acids is 3. The van der Waals surface area contributed by atoms with Crippen molar-refractivity contribution in [3.8, 4) is 0 Å². The van der Waals surface area contributed by atoms with Gasteiger partial charge in [-0.2, -0.15) is 0 Å². The van der Waals surface area contributed by atoms with E-state index >= 15 is 0 Å². The van der Waals surface area contributed by atoms with E-state index in [1.807, 2.05) is 24.3 Å². The highest BCUT2D eigenvalue weighted by atomic mass is 16.5. The summed E-state index contributed by atoms with van der Waals surface area (Å²) in [7, 11) is 0. The number of rotatable bonds is 3. The zero-order chi connectivity index (χ0) is 23.8. The van der Waals surface area contributed by atoms with E-state index in [1.54, 1.807) is 31.2 Å². The molecule has 1 heterocycles. The van der Waals surface area contributed by atoms with E-state index in [9.17, 15) is 14.4 Å². The second kappa shape index (κ2) is 6.89. The number of esters is 1. The lowest BCUT2D eigenvalue weighted by Crippen LogP contribution is -2.59. The molecule has 5 nitrogen and oxygen atoms in total. The standard InChI is InChI=1S/C29H25NO4/c1-4-34-27(33)17-13-15-18(16-14-17)30-25(31)23-24(26(30)32)29(3)21-11-7-5-9-19(21)28(23,2)20-10-6-8-12-22(20)29/h5-16,23-24H,4H2,1-3H3/t23-,24+,28?,29?. The highest BCUT2D eigenvalue weighted by Crippen LogP contribution is 2.66. The van der Waals surface area contributed by atoms with Crippen LogP contribution < -0.4 is 4.90 Å². The number of anilines is 1. The van der Waals surface area contributed by atoms with Crippen LogP contribution in [0.4, 0.5) is 5.69 Å². The highest BCUT2D eigenvalue weighted by molar-refractivity contribution is 6.24. The minimum absolute atomic E-state index is 0.184. The Morgan fingerprint density at radius 2 is 1.18 bits per heavy atom. The average Bonchev–Trinajstić information content (AvgIpc) is 3.14. The summed E-state index contributed by atoms with van der Waals surface area (Å²) in [5, 5.41) is 0. The summed E-state index contributed by atoms with van der Waals surface area (Å²) in [5.74, 6) is -1.79. The normalized spacial score (nSPS) is 28.4. The molecule has 1 fully saturated rings. The maximum absolute atomic E-state index is 14.0. The van der Waals surface area contributed by atoms with Crippen molar-refractivity contribution < 1.29 is 19.1 Å². The Balaban J connectivity index is 1.52. The summed E-state index contributed by atoms with van der Waals surface area (Å²) >= 11 is 0. The molecule has 0 N–H and O–H groups in total. The molecular formula is C29H25NO4. The first kappa shape index (κ1) is 20.8. The Labute approximate surface area is 198 Å². The Hall–Kier alpha value is -3.73. The van der Waals surface area contributed by atoms with Gasteiger partial charge in [-0.15, -0.1) is 0 Å². The molecule has 3 aromatic rings. The molecule has 0 unspecified atom stereocenters. The van der Waals surface area contributed by atoms with Crippen LogP contribution in [0.15, 0.2) is 72.8 Å². The van der Waals surface area contributed by atoms with Gasteiger partial charge in [0, 0.05) is 10.8 Å². The molecule has 0 saturated carbocycles. The van der Waals surface area contributed by atoms with Gasteiger partial charge < -0.3 is 4.74 Å². The summed E-state index contributed by atoms with van der Waals surface area (Å²) in [6.45, 7) is 6.26. The minimum Gasteiger partial charge on any atom is -0.462 e. The molecule has 5 heteroatoms. The van der Waals surface area contributed by atoms with Crippen LogP contribution in [-0.2, 0) is 25.2 Å². The molecule has 3 aliphatic carbocycles. The van der Waals surface area contributed by atoms with Crippen LogP contribution in [0.3, 0.4) is 0 Å². The van der Waals surface area contributed by atoms with Crippen molar-refractivity contribution in [2.75, 3.05) is 11.5 Å². The molecule has 2 amide bonds. The zero-order valence-corrected chi connectivity index (χ0v) is 19.4. The van der Waals surface area contributed by atoms with Crippen molar-refractivity contribution in [2.24, 2.45) is 11.8 Å². The van der Waals surface area contributed by atoms with Crippen molar-refractivity contribution >= 4 is 23.5 Å². The predicted molar refractivity (Wildman–Crippen MR) is 128 cm³/mol. The van der Waals surface area contributed by atoms with Crippen molar-refractivity contribution in [3.05, 3.63) is 101 Å². The molecule has 34 heavy (non-hydrogen) atoms. The van der Waals surface area contributed by atoms with Gasteiger partial charge in [-0.25, -0.2) is 9.69 Å². The minimum atomic E-state index is -0.609. The molecule has 170 valence electrons. The third-order valence-electron chi connectivity index (χ3n) is 8.28. The fourth-order valence-corrected chi connectivity index (χ4v) is 6.79. The summed E-state index contributed by atoms with van der Waals surface area (Å²) in [6.07, 6.45) is 0. The molecule has 7 rings (SSSR count). The van der Waals surface area contributed by atoms with Crippen LogP contribution in [0.2, 0.25) is 0 Å². The summed E-state index contributed by atoms with van der Waals surface area (Å²) in [5.41, 5.74) is 4.15. The fraction of sp³-hybridized carbons (Fsp3) is 0.276. The number of carbonyl (C=O) groups is 3. The molecule has 1 saturated heterocycles.